The van der Waals surface area contributed by atoms with E-state index in [-0.39, 0.29) is 5.41 Å². The third kappa shape index (κ3) is 2.69. The molecule has 2 aromatic rings. The Morgan fingerprint density at radius 3 is 2.48 bits per heavy atom. The molecule has 0 aliphatic heterocycles. The van der Waals surface area contributed by atoms with Gasteiger partial charge in [-0.2, -0.15) is 0 Å². The molecule has 1 saturated carbocycles. The molecule has 0 bridgehead atoms. The van der Waals surface area contributed by atoms with E-state index in [4.69, 9.17) is 4.98 Å². The smallest absolute Gasteiger partial charge is 0.143 e. The molecule has 0 amide bonds. The summed E-state index contributed by atoms with van der Waals surface area (Å²) in [6.07, 6.45) is 7.91. The molecular weight excluding hydrogens is 326 g/mol. The maximum absolute atomic E-state index is 4.79. The van der Waals surface area contributed by atoms with Crippen molar-refractivity contribution >= 4 is 21.7 Å². The number of hydrogen-bond donors (Lipinski definition) is 1. The van der Waals surface area contributed by atoms with Crippen molar-refractivity contribution in [2.24, 2.45) is 0 Å². The van der Waals surface area contributed by atoms with E-state index >= 15 is 0 Å². The zero-order valence-corrected chi connectivity index (χ0v) is 13.9. The molecule has 1 fully saturated rings. The summed E-state index contributed by atoms with van der Waals surface area (Å²) in [5.74, 6) is 1.81. The van der Waals surface area contributed by atoms with Gasteiger partial charge >= 0.3 is 0 Å². The Bertz CT molecular complexity index is 607. The van der Waals surface area contributed by atoms with Gasteiger partial charge in [-0.1, -0.05) is 49.6 Å². The van der Waals surface area contributed by atoms with Crippen LogP contribution < -0.4 is 5.32 Å². The van der Waals surface area contributed by atoms with Crippen LogP contribution >= 0.6 is 15.9 Å². The Labute approximate surface area is 134 Å². The molecule has 0 saturated heterocycles. The van der Waals surface area contributed by atoms with Gasteiger partial charge in [0.25, 0.3) is 0 Å². The number of nitrogens with zero attached hydrogens (tertiary/aromatic N) is 2. The molecule has 3 rings (SSSR count). The van der Waals surface area contributed by atoms with Gasteiger partial charge in [-0.15, -0.1) is 0 Å². The van der Waals surface area contributed by atoms with Gasteiger partial charge in [0.2, 0.25) is 0 Å². The lowest BCUT2D eigenvalue weighted by atomic mass is 9.69. The predicted octanol–water partition coefficient (Wildman–Crippen LogP) is 4.53. The second kappa shape index (κ2) is 6.14. The molecule has 1 aromatic carbocycles. The first-order chi connectivity index (χ1) is 10.3. The van der Waals surface area contributed by atoms with Crippen molar-refractivity contribution in [2.45, 2.75) is 37.5 Å². The van der Waals surface area contributed by atoms with Crippen LogP contribution in [0.5, 0.6) is 0 Å². The Morgan fingerprint density at radius 2 is 1.81 bits per heavy atom. The van der Waals surface area contributed by atoms with Crippen LogP contribution in [0, 0.1) is 0 Å². The molecule has 1 aliphatic rings. The maximum Gasteiger partial charge on any atom is 0.143 e. The quantitative estimate of drug-likeness (QED) is 0.887. The highest BCUT2D eigenvalue weighted by molar-refractivity contribution is 9.10. The van der Waals surface area contributed by atoms with E-state index in [1.807, 2.05) is 13.2 Å². The van der Waals surface area contributed by atoms with Gasteiger partial charge in [0.1, 0.15) is 11.6 Å². The first-order valence-electron chi connectivity index (χ1n) is 7.52. The van der Waals surface area contributed by atoms with E-state index in [1.165, 1.54) is 24.8 Å². The van der Waals surface area contributed by atoms with Gasteiger partial charge in [-0.25, -0.2) is 9.97 Å². The summed E-state index contributed by atoms with van der Waals surface area (Å²) in [5, 5.41) is 3.15. The Morgan fingerprint density at radius 1 is 1.10 bits per heavy atom. The topological polar surface area (TPSA) is 37.8 Å². The van der Waals surface area contributed by atoms with Crippen molar-refractivity contribution in [3.63, 3.8) is 0 Å². The molecule has 0 unspecified atom stereocenters. The number of benzene rings is 1. The number of anilines is 1. The van der Waals surface area contributed by atoms with Gasteiger partial charge in [0.05, 0.1) is 9.89 Å². The number of aromatic nitrogens is 2. The lowest BCUT2D eigenvalue weighted by Crippen LogP contribution is -2.32. The van der Waals surface area contributed by atoms with Gasteiger partial charge in [0, 0.05) is 13.2 Å². The molecule has 0 radical (unpaired) electrons. The summed E-state index contributed by atoms with van der Waals surface area (Å²) in [4.78, 5) is 9.46. The Kier molecular flexibility index (Phi) is 4.24. The van der Waals surface area contributed by atoms with E-state index in [1.54, 1.807) is 0 Å². The van der Waals surface area contributed by atoms with Crippen molar-refractivity contribution in [3.05, 3.63) is 52.4 Å². The molecule has 4 heteroatoms. The van der Waals surface area contributed by atoms with E-state index in [2.05, 4.69) is 56.6 Å². The molecule has 3 nitrogen and oxygen atoms in total. The van der Waals surface area contributed by atoms with Crippen LogP contribution in [0.1, 0.15) is 43.5 Å². The largest absolute Gasteiger partial charge is 0.372 e. The highest BCUT2D eigenvalue weighted by Crippen LogP contribution is 2.43. The fraction of sp³-hybridized carbons (Fsp3) is 0.412. The summed E-state index contributed by atoms with van der Waals surface area (Å²) in [6.45, 7) is 0. The van der Waals surface area contributed by atoms with Crippen LogP contribution in [0.3, 0.4) is 0 Å². The molecule has 0 atom stereocenters. The van der Waals surface area contributed by atoms with Crippen LogP contribution in [-0.2, 0) is 5.41 Å². The van der Waals surface area contributed by atoms with Crippen LogP contribution in [0.15, 0.2) is 41.0 Å². The second-order valence-electron chi connectivity index (χ2n) is 5.65. The van der Waals surface area contributed by atoms with Crippen molar-refractivity contribution in [2.75, 3.05) is 12.4 Å². The molecule has 1 aromatic heterocycles. The SMILES string of the molecule is CNc1nc(C2(c3ccccc3)CCCCC2)ncc1Br. The minimum atomic E-state index is -0.0359. The Hall–Kier alpha value is -1.42. The van der Waals surface area contributed by atoms with E-state index in [9.17, 15) is 0 Å². The number of hydrogen-bond acceptors (Lipinski definition) is 3. The van der Waals surface area contributed by atoms with Crippen molar-refractivity contribution in [1.82, 2.24) is 9.97 Å². The van der Waals surface area contributed by atoms with Crippen molar-refractivity contribution in [3.8, 4) is 0 Å². The summed E-state index contributed by atoms with van der Waals surface area (Å²) in [5.41, 5.74) is 1.31. The maximum atomic E-state index is 4.79. The van der Waals surface area contributed by atoms with Gasteiger partial charge in [-0.3, -0.25) is 0 Å². The highest BCUT2D eigenvalue weighted by Gasteiger charge is 2.38. The zero-order chi connectivity index (χ0) is 14.7. The molecule has 1 N–H and O–H groups in total. The number of halogens is 1. The average Bonchev–Trinajstić information content (AvgIpc) is 2.57. The van der Waals surface area contributed by atoms with Crippen molar-refractivity contribution < 1.29 is 0 Å². The molecule has 0 spiro atoms. The van der Waals surface area contributed by atoms with Crippen LogP contribution in [0.25, 0.3) is 0 Å². The lowest BCUT2D eigenvalue weighted by Gasteiger charge is -2.36. The van der Waals surface area contributed by atoms with Crippen LogP contribution in [-0.4, -0.2) is 17.0 Å². The predicted molar refractivity (Wildman–Crippen MR) is 89.6 cm³/mol. The Balaban J connectivity index is 2.12. The second-order valence-corrected chi connectivity index (χ2v) is 6.50. The third-order valence-electron chi connectivity index (χ3n) is 4.44. The summed E-state index contributed by atoms with van der Waals surface area (Å²) >= 11 is 3.50. The summed E-state index contributed by atoms with van der Waals surface area (Å²) < 4.78 is 0.910. The molecule has 1 heterocycles. The monoisotopic (exact) mass is 345 g/mol. The highest BCUT2D eigenvalue weighted by atomic mass is 79.9. The lowest BCUT2D eigenvalue weighted by molar-refractivity contribution is 0.330. The van der Waals surface area contributed by atoms with Crippen LogP contribution in [0.2, 0.25) is 0 Å². The normalized spacial score (nSPS) is 17.4. The van der Waals surface area contributed by atoms with Gasteiger partial charge in [-0.05, 0) is 34.3 Å². The van der Waals surface area contributed by atoms with Crippen LogP contribution in [0.4, 0.5) is 5.82 Å². The zero-order valence-electron chi connectivity index (χ0n) is 12.3. The van der Waals surface area contributed by atoms with Gasteiger partial charge in [0.15, 0.2) is 0 Å². The average molecular weight is 346 g/mol. The standard InChI is InChI=1S/C17H20BrN3/c1-19-15-14(18)12-20-16(21-15)17(10-6-3-7-11-17)13-8-4-2-5-9-13/h2,4-5,8-9,12H,3,6-7,10-11H2,1H3,(H,19,20,21). The van der Waals surface area contributed by atoms with E-state index in [0.29, 0.717) is 0 Å². The fourth-order valence-corrected chi connectivity index (χ4v) is 3.72. The molecule has 1 aliphatic carbocycles. The minimum Gasteiger partial charge on any atom is -0.372 e. The molecule has 21 heavy (non-hydrogen) atoms. The molecular formula is C17H20BrN3. The number of rotatable bonds is 3. The summed E-state index contributed by atoms with van der Waals surface area (Å²) in [6, 6.07) is 10.7. The first kappa shape index (κ1) is 14.5. The minimum absolute atomic E-state index is 0.0359. The fourth-order valence-electron chi connectivity index (χ4n) is 3.33. The molecule has 110 valence electrons. The number of nitrogens with one attached hydrogen (secondary N) is 1. The van der Waals surface area contributed by atoms with E-state index in [0.717, 1.165) is 29.0 Å². The van der Waals surface area contributed by atoms with Gasteiger partial charge < -0.3 is 5.32 Å². The third-order valence-corrected chi connectivity index (χ3v) is 5.02. The summed E-state index contributed by atoms with van der Waals surface area (Å²) in [7, 11) is 1.90. The van der Waals surface area contributed by atoms with Crippen molar-refractivity contribution in [1.29, 1.82) is 0 Å². The van der Waals surface area contributed by atoms with E-state index < -0.39 is 0 Å². The first-order valence-corrected chi connectivity index (χ1v) is 8.32.